The Morgan fingerprint density at radius 1 is 0.971 bits per heavy atom. The van der Waals surface area contributed by atoms with Gasteiger partial charge in [-0.1, -0.05) is 43.5 Å². The number of hydrogen-bond acceptors (Lipinski definition) is 4. The maximum Gasteiger partial charge on any atom is 0.265 e. The number of carbonyl (C=O) groups excluding carboxylic acids is 2. The molecular weight excluding hydrogens is 457 g/mol. The van der Waals surface area contributed by atoms with Crippen LogP contribution in [0.15, 0.2) is 59.5 Å². The molecule has 2 amide bonds. The highest BCUT2D eigenvalue weighted by atomic mass is 32.2. The molecule has 176 valence electrons. The fourth-order valence-electron chi connectivity index (χ4n) is 4.76. The van der Waals surface area contributed by atoms with E-state index in [1.165, 1.54) is 18.2 Å². The van der Waals surface area contributed by atoms with Crippen LogP contribution in [0, 0.1) is 11.7 Å². The SMILES string of the molecule is O=C(CN1c2cccc3cccc(c23)S1(=O)=O)Nc1ccc(F)c(NC(=O)C2CCCCC2)c1. The Morgan fingerprint density at radius 3 is 2.47 bits per heavy atom. The van der Waals surface area contributed by atoms with Crippen LogP contribution in [0.2, 0.25) is 0 Å². The number of halogens is 1. The molecule has 5 rings (SSSR count). The Morgan fingerprint density at radius 2 is 1.71 bits per heavy atom. The van der Waals surface area contributed by atoms with Crippen LogP contribution < -0.4 is 14.9 Å². The van der Waals surface area contributed by atoms with E-state index in [2.05, 4.69) is 10.6 Å². The molecule has 0 bridgehead atoms. The minimum absolute atomic E-state index is 0.0145. The maximum absolute atomic E-state index is 14.3. The van der Waals surface area contributed by atoms with Gasteiger partial charge in [-0.2, -0.15) is 0 Å². The number of sulfonamides is 1. The minimum Gasteiger partial charge on any atom is -0.324 e. The Kier molecular flexibility index (Phi) is 5.73. The fraction of sp³-hybridized carbons (Fsp3) is 0.280. The van der Waals surface area contributed by atoms with Gasteiger partial charge in [-0.15, -0.1) is 0 Å². The quantitative estimate of drug-likeness (QED) is 0.555. The Balaban J connectivity index is 1.32. The van der Waals surface area contributed by atoms with Crippen molar-refractivity contribution in [3.05, 3.63) is 60.4 Å². The number of benzene rings is 3. The maximum atomic E-state index is 14.3. The Hall–Kier alpha value is -3.46. The van der Waals surface area contributed by atoms with Crippen molar-refractivity contribution in [1.29, 1.82) is 0 Å². The monoisotopic (exact) mass is 481 g/mol. The number of hydrogen-bond donors (Lipinski definition) is 2. The number of nitrogens with zero attached hydrogens (tertiary/aromatic N) is 1. The summed E-state index contributed by atoms with van der Waals surface area (Å²) in [6.45, 7) is -0.433. The van der Waals surface area contributed by atoms with Crippen LogP contribution in [-0.4, -0.2) is 26.8 Å². The minimum atomic E-state index is -3.87. The Bertz CT molecular complexity index is 1400. The van der Waals surface area contributed by atoms with Gasteiger partial charge in [0.05, 0.1) is 16.3 Å². The standard InChI is InChI=1S/C25H24FN3O4S/c26-19-13-12-18(14-20(19)28-25(31)17-6-2-1-3-7-17)27-23(30)15-29-21-10-4-8-16-9-5-11-22(24(16)21)34(29,32)33/h4-5,8-14,17H,1-3,6-7,15H2,(H,27,30)(H,28,31). The number of rotatable bonds is 5. The molecule has 1 saturated carbocycles. The highest BCUT2D eigenvalue weighted by Gasteiger charge is 2.36. The molecule has 0 aromatic heterocycles. The summed E-state index contributed by atoms with van der Waals surface area (Å²) in [7, 11) is -3.87. The van der Waals surface area contributed by atoms with Crippen LogP contribution in [0.1, 0.15) is 32.1 Å². The van der Waals surface area contributed by atoms with Gasteiger partial charge in [0.2, 0.25) is 11.8 Å². The molecule has 7 nitrogen and oxygen atoms in total. The largest absolute Gasteiger partial charge is 0.324 e. The van der Waals surface area contributed by atoms with Gasteiger partial charge in [0.25, 0.3) is 10.0 Å². The van der Waals surface area contributed by atoms with E-state index in [-0.39, 0.29) is 28.1 Å². The van der Waals surface area contributed by atoms with Gasteiger partial charge in [-0.05, 0) is 48.6 Å². The number of anilines is 3. The van der Waals surface area contributed by atoms with Gasteiger partial charge in [-0.25, -0.2) is 12.8 Å². The smallest absolute Gasteiger partial charge is 0.265 e. The van der Waals surface area contributed by atoms with Gasteiger partial charge < -0.3 is 10.6 Å². The predicted octanol–water partition coefficient (Wildman–Crippen LogP) is 4.65. The van der Waals surface area contributed by atoms with E-state index in [9.17, 15) is 22.4 Å². The van der Waals surface area contributed by atoms with Crippen LogP contribution in [0.5, 0.6) is 0 Å². The summed E-state index contributed by atoms with van der Waals surface area (Å²) in [6, 6.07) is 14.1. The van der Waals surface area contributed by atoms with E-state index in [0.717, 1.165) is 47.9 Å². The third-order valence-corrected chi connectivity index (χ3v) is 8.25. The van der Waals surface area contributed by atoms with Crippen LogP contribution in [0.3, 0.4) is 0 Å². The summed E-state index contributed by atoms with van der Waals surface area (Å²) in [5.74, 6) is -1.55. The molecule has 34 heavy (non-hydrogen) atoms. The lowest BCUT2D eigenvalue weighted by Crippen LogP contribution is -2.35. The first kappa shape index (κ1) is 22.3. The van der Waals surface area contributed by atoms with E-state index in [0.29, 0.717) is 11.1 Å². The molecule has 0 spiro atoms. The van der Waals surface area contributed by atoms with Crippen molar-refractivity contribution in [1.82, 2.24) is 0 Å². The molecule has 0 atom stereocenters. The third-order valence-electron chi connectivity index (χ3n) is 6.45. The van der Waals surface area contributed by atoms with Crippen LogP contribution in [-0.2, 0) is 19.6 Å². The topological polar surface area (TPSA) is 95.6 Å². The molecule has 2 aliphatic rings. The number of nitrogens with one attached hydrogen (secondary N) is 2. The summed E-state index contributed by atoms with van der Waals surface area (Å²) < 4.78 is 41.6. The first-order chi connectivity index (χ1) is 16.3. The van der Waals surface area contributed by atoms with Crippen LogP contribution in [0.4, 0.5) is 21.5 Å². The fourth-order valence-corrected chi connectivity index (χ4v) is 6.42. The zero-order chi connectivity index (χ0) is 23.9. The average molecular weight is 482 g/mol. The lowest BCUT2D eigenvalue weighted by atomic mass is 9.88. The molecule has 0 radical (unpaired) electrons. The van der Waals surface area contributed by atoms with E-state index in [1.54, 1.807) is 18.2 Å². The molecule has 1 aliphatic carbocycles. The second-order valence-electron chi connectivity index (χ2n) is 8.71. The lowest BCUT2D eigenvalue weighted by Gasteiger charge is -2.21. The molecule has 3 aromatic carbocycles. The Labute approximate surface area is 197 Å². The van der Waals surface area contributed by atoms with Crippen LogP contribution >= 0.6 is 0 Å². The third kappa shape index (κ3) is 4.00. The molecular formula is C25H24FN3O4S. The highest BCUT2D eigenvalue weighted by Crippen LogP contribution is 2.41. The number of carbonyl (C=O) groups is 2. The van der Waals surface area contributed by atoms with Crippen molar-refractivity contribution < 1.29 is 22.4 Å². The van der Waals surface area contributed by atoms with E-state index in [1.807, 2.05) is 12.1 Å². The van der Waals surface area contributed by atoms with Gasteiger partial charge in [-0.3, -0.25) is 13.9 Å². The molecule has 1 heterocycles. The first-order valence-corrected chi connectivity index (χ1v) is 12.7. The molecule has 3 aromatic rings. The second kappa shape index (κ2) is 8.72. The summed E-state index contributed by atoms with van der Waals surface area (Å²) >= 11 is 0. The van der Waals surface area contributed by atoms with E-state index >= 15 is 0 Å². The van der Waals surface area contributed by atoms with Gasteiger partial charge in [0, 0.05) is 17.0 Å². The van der Waals surface area contributed by atoms with Crippen molar-refractivity contribution in [2.24, 2.45) is 5.92 Å². The highest BCUT2D eigenvalue weighted by molar-refractivity contribution is 7.93. The molecule has 2 N–H and O–H groups in total. The van der Waals surface area contributed by atoms with Crippen LogP contribution in [0.25, 0.3) is 10.8 Å². The second-order valence-corrected chi connectivity index (χ2v) is 10.5. The molecule has 9 heteroatoms. The van der Waals surface area contributed by atoms with E-state index < -0.39 is 28.3 Å². The molecule has 0 saturated heterocycles. The average Bonchev–Trinajstić information content (AvgIpc) is 3.05. The van der Waals surface area contributed by atoms with Crippen molar-refractivity contribution in [2.75, 3.05) is 21.5 Å². The molecule has 0 unspecified atom stereocenters. The van der Waals surface area contributed by atoms with Crippen molar-refractivity contribution in [3.63, 3.8) is 0 Å². The summed E-state index contributed by atoms with van der Waals surface area (Å²) in [5, 5.41) is 6.62. The number of amides is 2. The zero-order valence-electron chi connectivity index (χ0n) is 18.4. The van der Waals surface area contributed by atoms with E-state index in [4.69, 9.17) is 0 Å². The van der Waals surface area contributed by atoms with Crippen molar-refractivity contribution in [2.45, 2.75) is 37.0 Å². The van der Waals surface area contributed by atoms with Gasteiger partial charge in [0.15, 0.2) is 0 Å². The van der Waals surface area contributed by atoms with Crippen molar-refractivity contribution in [3.8, 4) is 0 Å². The summed E-state index contributed by atoms with van der Waals surface area (Å²) in [5.41, 5.74) is 0.694. The van der Waals surface area contributed by atoms with Crippen molar-refractivity contribution >= 4 is 49.7 Å². The normalized spacial score (nSPS) is 17.0. The van der Waals surface area contributed by atoms with Gasteiger partial charge >= 0.3 is 0 Å². The van der Waals surface area contributed by atoms with Gasteiger partial charge in [0.1, 0.15) is 12.4 Å². The summed E-state index contributed by atoms with van der Waals surface area (Å²) in [6.07, 6.45) is 4.62. The molecule has 1 fully saturated rings. The first-order valence-electron chi connectivity index (χ1n) is 11.3. The summed E-state index contributed by atoms with van der Waals surface area (Å²) in [4.78, 5) is 25.5. The molecule has 1 aliphatic heterocycles. The lowest BCUT2D eigenvalue weighted by molar-refractivity contribution is -0.120. The predicted molar refractivity (Wildman–Crippen MR) is 129 cm³/mol. The zero-order valence-corrected chi connectivity index (χ0v) is 19.2.